The molecule has 1 atom stereocenters. The molecule has 0 spiro atoms. The summed E-state index contributed by atoms with van der Waals surface area (Å²) in [5, 5.41) is 0.987. The second-order valence-electron chi connectivity index (χ2n) is 6.58. The van der Waals surface area contributed by atoms with Crippen molar-refractivity contribution in [2.75, 3.05) is 25.4 Å². The highest BCUT2D eigenvalue weighted by atomic mass is 32.2. The third-order valence-corrected chi connectivity index (χ3v) is 8.04. The third-order valence-electron chi connectivity index (χ3n) is 4.95. The largest absolute Gasteiger partial charge is 0.333 e. The van der Waals surface area contributed by atoms with Crippen LogP contribution in [0.25, 0.3) is 10.2 Å². The molecule has 25 heavy (non-hydrogen) atoms. The Labute approximate surface area is 151 Å². The van der Waals surface area contributed by atoms with E-state index in [0.717, 1.165) is 34.6 Å². The molecule has 4 rings (SSSR count). The lowest BCUT2D eigenvalue weighted by molar-refractivity contribution is -0.132. The van der Waals surface area contributed by atoms with Crippen molar-refractivity contribution in [1.82, 2.24) is 14.2 Å². The Bertz CT molecular complexity index is 860. The predicted molar refractivity (Wildman–Crippen MR) is 97.9 cm³/mol. The lowest BCUT2D eigenvalue weighted by Gasteiger charge is -2.24. The van der Waals surface area contributed by atoms with Crippen molar-refractivity contribution in [3.63, 3.8) is 0 Å². The van der Waals surface area contributed by atoms with Crippen molar-refractivity contribution in [3.05, 3.63) is 29.3 Å². The average Bonchev–Trinajstić information content (AvgIpc) is 3.29. The van der Waals surface area contributed by atoms with Crippen LogP contribution in [0.5, 0.6) is 0 Å². The Morgan fingerprint density at radius 3 is 2.84 bits per heavy atom. The van der Waals surface area contributed by atoms with Gasteiger partial charge in [-0.2, -0.15) is 0 Å². The fourth-order valence-corrected chi connectivity index (χ4v) is 6.30. The van der Waals surface area contributed by atoms with Gasteiger partial charge in [-0.05, 0) is 31.4 Å². The predicted octanol–water partition coefficient (Wildman–Crippen LogP) is 2.39. The number of nitrogens with zero attached hydrogens (tertiary/aromatic N) is 3. The smallest absolute Gasteiger partial charge is 0.224 e. The minimum atomic E-state index is -3.14. The van der Waals surface area contributed by atoms with E-state index in [9.17, 15) is 13.2 Å². The summed E-state index contributed by atoms with van der Waals surface area (Å²) in [5.41, 5.74) is 0.977. The van der Waals surface area contributed by atoms with E-state index in [4.69, 9.17) is 4.98 Å². The van der Waals surface area contributed by atoms with Gasteiger partial charge in [0.2, 0.25) is 15.9 Å². The number of para-hydroxylation sites is 1. The van der Waals surface area contributed by atoms with Gasteiger partial charge in [-0.1, -0.05) is 12.1 Å². The number of amides is 1. The van der Waals surface area contributed by atoms with Crippen LogP contribution in [0.4, 0.5) is 0 Å². The van der Waals surface area contributed by atoms with E-state index < -0.39 is 10.0 Å². The standard InChI is InChI=1S/C17H21N3O3S2/c21-16(8-11-19-9-4-12-25(19,22)23)20-10-3-6-14(20)17-18-13-5-1-2-7-15(13)24-17/h1-2,5,7,14H,3-4,6,8-12H2. The molecule has 2 fully saturated rings. The first-order chi connectivity index (χ1) is 12.0. The number of carbonyl (C=O) groups excluding carboxylic acids is 1. The summed E-state index contributed by atoms with van der Waals surface area (Å²) < 4.78 is 26.3. The van der Waals surface area contributed by atoms with Gasteiger partial charge in [0, 0.05) is 26.1 Å². The molecule has 0 saturated carbocycles. The van der Waals surface area contributed by atoms with E-state index >= 15 is 0 Å². The maximum atomic E-state index is 12.7. The number of fused-ring (bicyclic) bond motifs is 1. The highest BCUT2D eigenvalue weighted by Crippen LogP contribution is 2.36. The van der Waals surface area contributed by atoms with E-state index in [1.54, 1.807) is 11.3 Å². The van der Waals surface area contributed by atoms with Gasteiger partial charge in [0.15, 0.2) is 0 Å². The molecule has 134 valence electrons. The second-order valence-corrected chi connectivity index (χ2v) is 9.73. The quantitative estimate of drug-likeness (QED) is 0.818. The summed E-state index contributed by atoms with van der Waals surface area (Å²) in [7, 11) is -3.14. The van der Waals surface area contributed by atoms with E-state index in [-0.39, 0.29) is 24.1 Å². The molecular weight excluding hydrogens is 358 g/mol. The van der Waals surface area contributed by atoms with Gasteiger partial charge >= 0.3 is 0 Å². The molecule has 2 saturated heterocycles. The molecule has 0 radical (unpaired) electrons. The zero-order valence-corrected chi connectivity index (χ0v) is 15.6. The molecule has 0 aliphatic carbocycles. The van der Waals surface area contributed by atoms with Crippen LogP contribution in [0.1, 0.15) is 36.7 Å². The van der Waals surface area contributed by atoms with Gasteiger partial charge in [-0.15, -0.1) is 11.3 Å². The lowest BCUT2D eigenvalue weighted by atomic mass is 10.2. The highest BCUT2D eigenvalue weighted by molar-refractivity contribution is 7.89. The fraction of sp³-hybridized carbons (Fsp3) is 0.529. The van der Waals surface area contributed by atoms with Crippen molar-refractivity contribution in [2.45, 2.75) is 31.7 Å². The molecule has 8 heteroatoms. The first-order valence-electron chi connectivity index (χ1n) is 8.67. The Hall–Kier alpha value is -1.51. The maximum Gasteiger partial charge on any atom is 0.224 e. The number of thiazole rings is 1. The zero-order chi connectivity index (χ0) is 17.4. The summed E-state index contributed by atoms with van der Waals surface area (Å²) in [5.74, 6) is 0.239. The van der Waals surface area contributed by atoms with Crippen LogP contribution in [0, 0.1) is 0 Å². The van der Waals surface area contributed by atoms with Crippen LogP contribution >= 0.6 is 11.3 Å². The van der Waals surface area contributed by atoms with Gasteiger partial charge in [-0.3, -0.25) is 4.79 Å². The Morgan fingerprint density at radius 2 is 2.08 bits per heavy atom. The van der Waals surface area contributed by atoms with Crippen molar-refractivity contribution in [1.29, 1.82) is 0 Å². The topological polar surface area (TPSA) is 70.6 Å². The summed E-state index contributed by atoms with van der Waals surface area (Å²) in [6, 6.07) is 8.04. The van der Waals surface area contributed by atoms with E-state index in [1.165, 1.54) is 4.31 Å². The van der Waals surface area contributed by atoms with E-state index in [1.807, 2.05) is 23.1 Å². The van der Waals surface area contributed by atoms with E-state index in [2.05, 4.69) is 6.07 Å². The number of aromatic nitrogens is 1. The monoisotopic (exact) mass is 379 g/mol. The van der Waals surface area contributed by atoms with Crippen LogP contribution in [0.3, 0.4) is 0 Å². The van der Waals surface area contributed by atoms with Crippen LogP contribution in [0.2, 0.25) is 0 Å². The SMILES string of the molecule is O=C(CCN1CCCS1(=O)=O)N1CCCC1c1nc2ccccc2s1. The third kappa shape index (κ3) is 3.30. The zero-order valence-electron chi connectivity index (χ0n) is 13.9. The molecule has 1 amide bonds. The number of sulfonamides is 1. The Balaban J connectivity index is 1.46. The van der Waals surface area contributed by atoms with E-state index in [0.29, 0.717) is 19.5 Å². The number of likely N-dealkylation sites (tertiary alicyclic amines) is 1. The number of hydrogen-bond donors (Lipinski definition) is 0. The molecule has 6 nitrogen and oxygen atoms in total. The van der Waals surface area contributed by atoms with Gasteiger partial charge in [0.1, 0.15) is 5.01 Å². The molecule has 3 heterocycles. The number of hydrogen-bond acceptors (Lipinski definition) is 5. The molecule has 1 aromatic heterocycles. The molecule has 0 N–H and O–H groups in total. The Kier molecular flexibility index (Phi) is 4.51. The first-order valence-corrected chi connectivity index (χ1v) is 11.1. The highest BCUT2D eigenvalue weighted by Gasteiger charge is 2.34. The molecule has 2 aliphatic rings. The molecule has 2 aliphatic heterocycles. The molecule has 0 bridgehead atoms. The van der Waals surface area contributed by atoms with Crippen LogP contribution in [-0.2, 0) is 14.8 Å². The normalized spacial score (nSPS) is 23.5. The van der Waals surface area contributed by atoms with Gasteiger partial charge < -0.3 is 4.90 Å². The molecular formula is C17H21N3O3S2. The van der Waals surface area contributed by atoms with Gasteiger partial charge in [0.05, 0.1) is 22.0 Å². The molecule has 1 aromatic carbocycles. The van der Waals surface area contributed by atoms with Crippen molar-refractivity contribution in [2.24, 2.45) is 0 Å². The summed E-state index contributed by atoms with van der Waals surface area (Å²) in [6.07, 6.45) is 2.80. The van der Waals surface area contributed by atoms with Gasteiger partial charge in [-0.25, -0.2) is 17.7 Å². The number of carbonyl (C=O) groups is 1. The summed E-state index contributed by atoms with van der Waals surface area (Å²) >= 11 is 1.65. The van der Waals surface area contributed by atoms with Crippen LogP contribution in [0.15, 0.2) is 24.3 Å². The lowest BCUT2D eigenvalue weighted by Crippen LogP contribution is -2.35. The minimum absolute atomic E-state index is 0.0279. The van der Waals surface area contributed by atoms with Crippen LogP contribution in [-0.4, -0.2) is 53.9 Å². The summed E-state index contributed by atoms with van der Waals surface area (Å²) in [4.78, 5) is 19.3. The van der Waals surface area contributed by atoms with Crippen molar-refractivity contribution < 1.29 is 13.2 Å². The maximum absolute atomic E-state index is 12.7. The molecule has 1 unspecified atom stereocenters. The molecule has 2 aromatic rings. The fourth-order valence-electron chi connectivity index (χ4n) is 3.66. The van der Waals surface area contributed by atoms with Crippen molar-refractivity contribution in [3.8, 4) is 0 Å². The number of rotatable bonds is 4. The summed E-state index contributed by atoms with van der Waals surface area (Å²) in [6.45, 7) is 1.56. The first kappa shape index (κ1) is 16.9. The second kappa shape index (κ2) is 6.66. The van der Waals surface area contributed by atoms with Crippen LogP contribution < -0.4 is 0 Å². The Morgan fingerprint density at radius 1 is 1.24 bits per heavy atom. The average molecular weight is 380 g/mol. The minimum Gasteiger partial charge on any atom is -0.333 e. The van der Waals surface area contributed by atoms with Crippen molar-refractivity contribution >= 4 is 37.5 Å². The number of benzene rings is 1. The van der Waals surface area contributed by atoms with Gasteiger partial charge in [0.25, 0.3) is 0 Å².